The first-order valence-electron chi connectivity index (χ1n) is 6.36. The first kappa shape index (κ1) is 15.6. The number of piperazine rings is 1. The zero-order valence-corrected chi connectivity index (χ0v) is 12.4. The third-order valence-electron chi connectivity index (χ3n) is 3.75. The average molecular weight is 293 g/mol. The van der Waals surface area contributed by atoms with Crippen molar-refractivity contribution >= 4 is 30.8 Å². The summed E-state index contributed by atoms with van der Waals surface area (Å²) in [4.78, 5) is 7.25. The van der Waals surface area contributed by atoms with Crippen molar-refractivity contribution in [1.29, 1.82) is 0 Å². The van der Waals surface area contributed by atoms with Gasteiger partial charge >= 0.3 is 0 Å². The molecule has 1 fully saturated rings. The van der Waals surface area contributed by atoms with Crippen LogP contribution in [0.25, 0.3) is 0 Å². The maximum absolute atomic E-state index is 4.84. The van der Waals surface area contributed by atoms with Gasteiger partial charge in [0.15, 0.2) is 0 Å². The van der Waals surface area contributed by atoms with E-state index in [1.807, 2.05) is 0 Å². The van der Waals surface area contributed by atoms with Gasteiger partial charge in [-0.1, -0.05) is 0 Å². The quantitative estimate of drug-likeness (QED) is 0.853. The highest BCUT2D eigenvalue weighted by Crippen LogP contribution is 2.25. The van der Waals surface area contributed by atoms with Crippen molar-refractivity contribution in [2.45, 2.75) is 25.7 Å². The van der Waals surface area contributed by atoms with Crippen LogP contribution in [-0.4, -0.2) is 35.7 Å². The van der Waals surface area contributed by atoms with Gasteiger partial charge in [-0.15, -0.1) is 24.8 Å². The van der Waals surface area contributed by atoms with E-state index in [-0.39, 0.29) is 24.8 Å². The summed E-state index contributed by atoms with van der Waals surface area (Å²) in [6.45, 7) is 4.34. The number of fused-ring (bicyclic) bond motifs is 1. The fourth-order valence-electron chi connectivity index (χ4n) is 2.82. The van der Waals surface area contributed by atoms with Gasteiger partial charge in [0.05, 0.1) is 5.69 Å². The molecule has 0 atom stereocenters. The molecule has 2 heterocycles. The molecule has 1 aliphatic heterocycles. The number of imidazole rings is 1. The van der Waals surface area contributed by atoms with Gasteiger partial charge in [0.1, 0.15) is 0 Å². The van der Waals surface area contributed by atoms with Gasteiger partial charge < -0.3 is 14.8 Å². The van der Waals surface area contributed by atoms with E-state index in [2.05, 4.69) is 21.8 Å². The van der Waals surface area contributed by atoms with Crippen molar-refractivity contribution in [2.24, 2.45) is 7.05 Å². The third-order valence-corrected chi connectivity index (χ3v) is 3.75. The lowest BCUT2D eigenvalue weighted by Crippen LogP contribution is -2.44. The van der Waals surface area contributed by atoms with E-state index in [1.165, 1.54) is 43.0 Å². The molecule has 1 saturated heterocycles. The smallest absolute Gasteiger partial charge is 0.205 e. The Morgan fingerprint density at radius 3 is 2.39 bits per heavy atom. The molecule has 0 bridgehead atoms. The van der Waals surface area contributed by atoms with E-state index >= 15 is 0 Å². The van der Waals surface area contributed by atoms with E-state index in [9.17, 15) is 0 Å². The molecule has 4 nitrogen and oxygen atoms in total. The SMILES string of the molecule is Cl.Cl.Cn1c(N2CCNCC2)nc2c1CCCC2. The van der Waals surface area contributed by atoms with Gasteiger partial charge in [-0.3, -0.25) is 0 Å². The number of hydrogen-bond donors (Lipinski definition) is 1. The Hall–Kier alpha value is -0.450. The Bertz CT molecular complexity index is 386. The molecule has 1 N–H and O–H groups in total. The molecule has 1 aromatic heterocycles. The topological polar surface area (TPSA) is 33.1 Å². The molecular formula is C12H22Cl2N4. The van der Waals surface area contributed by atoms with Crippen molar-refractivity contribution in [1.82, 2.24) is 14.9 Å². The van der Waals surface area contributed by atoms with Crippen molar-refractivity contribution in [3.63, 3.8) is 0 Å². The molecule has 0 radical (unpaired) electrons. The molecule has 0 aromatic carbocycles. The minimum atomic E-state index is 0. The van der Waals surface area contributed by atoms with Crippen LogP contribution in [0.4, 0.5) is 5.95 Å². The van der Waals surface area contributed by atoms with E-state index < -0.39 is 0 Å². The van der Waals surface area contributed by atoms with Crippen molar-refractivity contribution in [2.75, 3.05) is 31.1 Å². The van der Waals surface area contributed by atoms with Crippen LogP contribution in [0.3, 0.4) is 0 Å². The Balaban J connectivity index is 0.000000810. The predicted molar refractivity (Wildman–Crippen MR) is 79.4 cm³/mol. The molecule has 3 rings (SSSR count). The number of hydrogen-bond acceptors (Lipinski definition) is 3. The number of nitrogens with one attached hydrogen (secondary N) is 1. The molecule has 0 unspecified atom stereocenters. The number of halogens is 2. The zero-order valence-electron chi connectivity index (χ0n) is 10.8. The van der Waals surface area contributed by atoms with E-state index in [4.69, 9.17) is 4.98 Å². The van der Waals surface area contributed by atoms with Gasteiger partial charge in [0, 0.05) is 38.9 Å². The maximum atomic E-state index is 4.84. The summed E-state index contributed by atoms with van der Waals surface area (Å²) in [7, 11) is 2.18. The predicted octanol–water partition coefficient (Wildman–Crippen LogP) is 1.55. The molecule has 6 heteroatoms. The molecule has 2 aliphatic rings. The Kier molecular flexibility index (Phi) is 5.76. The van der Waals surface area contributed by atoms with Crippen LogP contribution in [0, 0.1) is 0 Å². The second-order valence-electron chi connectivity index (χ2n) is 4.81. The van der Waals surface area contributed by atoms with Crippen molar-refractivity contribution in [3.05, 3.63) is 11.4 Å². The fraction of sp³-hybridized carbons (Fsp3) is 0.750. The lowest BCUT2D eigenvalue weighted by atomic mass is 10.0. The van der Waals surface area contributed by atoms with Gasteiger partial charge in [-0.05, 0) is 25.7 Å². The first-order valence-corrected chi connectivity index (χ1v) is 6.36. The van der Waals surface area contributed by atoms with E-state index in [0.29, 0.717) is 0 Å². The minimum absolute atomic E-state index is 0. The van der Waals surface area contributed by atoms with Gasteiger partial charge in [0.25, 0.3) is 0 Å². The summed E-state index contributed by atoms with van der Waals surface area (Å²) in [5.74, 6) is 1.19. The number of aryl methyl sites for hydroxylation is 1. The molecular weight excluding hydrogens is 271 g/mol. The summed E-state index contributed by atoms with van der Waals surface area (Å²) in [6, 6.07) is 0. The third kappa shape index (κ3) is 2.76. The number of nitrogens with zero attached hydrogens (tertiary/aromatic N) is 3. The average Bonchev–Trinajstić information content (AvgIpc) is 2.69. The highest BCUT2D eigenvalue weighted by atomic mass is 35.5. The van der Waals surface area contributed by atoms with Crippen LogP contribution in [0.5, 0.6) is 0 Å². The molecule has 0 spiro atoms. The molecule has 1 aromatic rings. The zero-order chi connectivity index (χ0) is 11.0. The highest BCUT2D eigenvalue weighted by molar-refractivity contribution is 5.85. The summed E-state index contributed by atoms with van der Waals surface area (Å²) in [6.07, 6.45) is 5.03. The molecule has 1 aliphatic carbocycles. The molecule has 104 valence electrons. The standard InChI is InChI=1S/C12H20N4.2ClH/c1-15-11-5-3-2-4-10(11)14-12(15)16-8-6-13-7-9-16;;/h13H,2-9H2,1H3;2*1H. The summed E-state index contributed by atoms with van der Waals surface area (Å²) >= 11 is 0. The lowest BCUT2D eigenvalue weighted by Gasteiger charge is -2.28. The molecule has 0 amide bonds. The first-order chi connectivity index (χ1) is 7.86. The van der Waals surface area contributed by atoms with Gasteiger partial charge in [0.2, 0.25) is 5.95 Å². The normalized spacial score (nSPS) is 18.6. The fourth-order valence-corrected chi connectivity index (χ4v) is 2.82. The summed E-state index contributed by atoms with van der Waals surface area (Å²) < 4.78 is 2.32. The highest BCUT2D eigenvalue weighted by Gasteiger charge is 2.22. The monoisotopic (exact) mass is 292 g/mol. The second kappa shape index (κ2) is 6.64. The minimum Gasteiger partial charge on any atom is -0.340 e. The number of anilines is 1. The van der Waals surface area contributed by atoms with Crippen molar-refractivity contribution in [3.8, 4) is 0 Å². The Morgan fingerprint density at radius 2 is 1.72 bits per heavy atom. The Morgan fingerprint density at radius 1 is 1.06 bits per heavy atom. The number of aromatic nitrogens is 2. The molecule has 0 saturated carbocycles. The van der Waals surface area contributed by atoms with Gasteiger partial charge in [-0.2, -0.15) is 0 Å². The molecule has 18 heavy (non-hydrogen) atoms. The largest absolute Gasteiger partial charge is 0.340 e. The van der Waals surface area contributed by atoms with E-state index in [1.54, 1.807) is 0 Å². The van der Waals surface area contributed by atoms with Crippen LogP contribution in [0.2, 0.25) is 0 Å². The maximum Gasteiger partial charge on any atom is 0.205 e. The second-order valence-corrected chi connectivity index (χ2v) is 4.81. The van der Waals surface area contributed by atoms with Crippen LogP contribution >= 0.6 is 24.8 Å². The van der Waals surface area contributed by atoms with Crippen LogP contribution in [0.1, 0.15) is 24.2 Å². The summed E-state index contributed by atoms with van der Waals surface area (Å²) in [5, 5.41) is 3.39. The van der Waals surface area contributed by atoms with Crippen LogP contribution < -0.4 is 10.2 Å². The lowest BCUT2D eigenvalue weighted by molar-refractivity contribution is 0.571. The van der Waals surface area contributed by atoms with Crippen LogP contribution in [-0.2, 0) is 19.9 Å². The summed E-state index contributed by atoms with van der Waals surface area (Å²) in [5.41, 5.74) is 2.82. The van der Waals surface area contributed by atoms with Crippen molar-refractivity contribution < 1.29 is 0 Å². The van der Waals surface area contributed by atoms with Gasteiger partial charge in [-0.25, -0.2) is 4.98 Å². The van der Waals surface area contributed by atoms with Crippen LogP contribution in [0.15, 0.2) is 0 Å². The number of rotatable bonds is 1. The Labute approximate surface area is 121 Å². The van der Waals surface area contributed by atoms with E-state index in [0.717, 1.165) is 26.2 Å².